The Morgan fingerprint density at radius 3 is 2.31 bits per heavy atom. The van der Waals surface area contributed by atoms with Crippen molar-refractivity contribution >= 4 is 17.6 Å². The number of hydrogen-bond acceptors (Lipinski definition) is 5. The molecule has 1 aliphatic rings. The number of amides is 2. The van der Waals surface area contributed by atoms with Crippen LogP contribution in [-0.4, -0.2) is 23.6 Å². The molecule has 1 saturated heterocycles. The van der Waals surface area contributed by atoms with E-state index in [1.165, 1.54) is 0 Å². The Labute approximate surface area is 151 Å². The maximum Gasteiger partial charge on any atom is 0.310 e. The van der Waals surface area contributed by atoms with Crippen LogP contribution in [0.15, 0.2) is 54.6 Å². The average molecular weight is 352 g/mol. The van der Waals surface area contributed by atoms with Crippen molar-refractivity contribution in [3.05, 3.63) is 71.3 Å². The number of hydrazine groups is 2. The summed E-state index contributed by atoms with van der Waals surface area (Å²) in [4.78, 5) is 36.1. The topological polar surface area (TPSA) is 99.3 Å². The molecule has 0 aromatic heterocycles. The molecule has 2 amide bonds. The van der Waals surface area contributed by atoms with E-state index < -0.39 is 23.6 Å². The molecule has 0 saturated carbocycles. The average Bonchev–Trinajstić information content (AvgIpc) is 3.17. The lowest BCUT2D eigenvalue weighted by atomic mass is 10.0. The molecule has 2 aromatic rings. The largest absolute Gasteiger partial charge is 0.310 e. The predicted molar refractivity (Wildman–Crippen MR) is 95.7 cm³/mol. The molecule has 0 spiro atoms. The van der Waals surface area contributed by atoms with E-state index in [4.69, 9.17) is 0 Å². The summed E-state index contributed by atoms with van der Waals surface area (Å²) in [6.07, 6.45) is 0.525. The van der Waals surface area contributed by atoms with Crippen molar-refractivity contribution < 1.29 is 14.4 Å². The zero-order chi connectivity index (χ0) is 18.5. The summed E-state index contributed by atoms with van der Waals surface area (Å²) in [6, 6.07) is 15.9. The minimum atomic E-state index is -0.882. The van der Waals surface area contributed by atoms with Crippen LogP contribution in [0, 0.1) is 6.92 Å². The smallest absolute Gasteiger partial charge is 0.283 e. The zero-order valence-electron chi connectivity index (χ0n) is 14.3. The highest BCUT2D eigenvalue weighted by atomic mass is 16.2. The Bertz CT molecular complexity index is 805. The van der Waals surface area contributed by atoms with E-state index in [0.717, 1.165) is 11.1 Å². The fourth-order valence-electron chi connectivity index (χ4n) is 2.73. The summed E-state index contributed by atoms with van der Waals surface area (Å²) >= 11 is 0. The van der Waals surface area contributed by atoms with Crippen molar-refractivity contribution in [2.24, 2.45) is 0 Å². The van der Waals surface area contributed by atoms with Gasteiger partial charge in [0.05, 0.1) is 0 Å². The van der Waals surface area contributed by atoms with Crippen molar-refractivity contribution in [1.82, 2.24) is 21.7 Å². The third kappa shape index (κ3) is 4.14. The second kappa shape index (κ2) is 7.90. The summed E-state index contributed by atoms with van der Waals surface area (Å²) in [5.41, 5.74) is 12.7. The van der Waals surface area contributed by atoms with Gasteiger partial charge in [0.1, 0.15) is 6.04 Å². The number of Topliss-reactive ketones (excluding diaryl/α,β-unsaturated/α-hetero) is 1. The molecule has 4 N–H and O–H groups in total. The van der Waals surface area contributed by atoms with E-state index in [1.54, 1.807) is 24.3 Å². The second-order valence-electron chi connectivity index (χ2n) is 6.18. The number of ketones is 1. The van der Waals surface area contributed by atoms with Gasteiger partial charge in [-0.1, -0.05) is 60.2 Å². The minimum Gasteiger partial charge on any atom is -0.283 e. The molecule has 1 aliphatic heterocycles. The van der Waals surface area contributed by atoms with Gasteiger partial charge < -0.3 is 0 Å². The Kier molecular flexibility index (Phi) is 5.40. The quantitative estimate of drug-likeness (QED) is 0.373. The molecule has 2 atom stereocenters. The molecule has 26 heavy (non-hydrogen) atoms. The molecule has 1 fully saturated rings. The maximum atomic E-state index is 12.2. The summed E-state index contributed by atoms with van der Waals surface area (Å²) in [7, 11) is 0. The third-order valence-corrected chi connectivity index (χ3v) is 4.24. The van der Waals surface area contributed by atoms with E-state index in [2.05, 4.69) is 21.7 Å². The van der Waals surface area contributed by atoms with E-state index in [9.17, 15) is 14.4 Å². The molecule has 1 heterocycles. The highest BCUT2D eigenvalue weighted by Gasteiger charge is 2.30. The molecule has 0 bridgehead atoms. The van der Waals surface area contributed by atoms with Crippen LogP contribution in [0.1, 0.15) is 33.9 Å². The lowest BCUT2D eigenvalue weighted by Gasteiger charge is -2.11. The standard InChI is InChI=1S/C19H20N4O3/c1-12-7-9-14(10-8-12)17(24)19(26)23-22-18(25)16-11-15(20-21-16)13-5-3-2-4-6-13/h2-10,15-16,20-21H,11H2,1H3,(H,22,25)(H,23,26). The van der Waals surface area contributed by atoms with Crippen molar-refractivity contribution in [1.29, 1.82) is 0 Å². The number of carbonyl (C=O) groups is 3. The molecule has 3 rings (SSSR count). The summed E-state index contributed by atoms with van der Waals surface area (Å²) in [5.74, 6) is -2.00. The van der Waals surface area contributed by atoms with Gasteiger partial charge in [-0.25, -0.2) is 10.9 Å². The monoisotopic (exact) mass is 352 g/mol. The van der Waals surface area contributed by atoms with E-state index in [1.807, 2.05) is 37.3 Å². The van der Waals surface area contributed by atoms with Gasteiger partial charge in [0.25, 0.3) is 11.7 Å². The second-order valence-corrected chi connectivity index (χ2v) is 6.18. The van der Waals surface area contributed by atoms with Crippen LogP contribution < -0.4 is 21.7 Å². The van der Waals surface area contributed by atoms with Crippen LogP contribution in [-0.2, 0) is 9.59 Å². The highest BCUT2D eigenvalue weighted by Crippen LogP contribution is 2.21. The Hall–Kier alpha value is -3.03. The van der Waals surface area contributed by atoms with E-state index in [0.29, 0.717) is 6.42 Å². The lowest BCUT2D eigenvalue weighted by molar-refractivity contribution is -0.128. The molecule has 0 aliphatic carbocycles. The first-order valence-electron chi connectivity index (χ1n) is 8.32. The Balaban J connectivity index is 1.50. The minimum absolute atomic E-state index is 0.00292. The fraction of sp³-hybridized carbons (Fsp3) is 0.211. The van der Waals surface area contributed by atoms with Gasteiger partial charge in [0.15, 0.2) is 0 Å². The van der Waals surface area contributed by atoms with Gasteiger partial charge in [-0.05, 0) is 18.9 Å². The molecular formula is C19H20N4O3. The van der Waals surface area contributed by atoms with E-state index >= 15 is 0 Å². The van der Waals surface area contributed by atoms with Crippen LogP contribution in [0.4, 0.5) is 0 Å². The number of hydrogen-bond donors (Lipinski definition) is 4. The Morgan fingerprint density at radius 1 is 0.923 bits per heavy atom. The Morgan fingerprint density at radius 2 is 1.62 bits per heavy atom. The molecule has 7 heteroatoms. The van der Waals surface area contributed by atoms with Crippen molar-refractivity contribution in [3.8, 4) is 0 Å². The molecule has 134 valence electrons. The zero-order valence-corrected chi connectivity index (χ0v) is 14.3. The van der Waals surface area contributed by atoms with Gasteiger partial charge in [0, 0.05) is 11.6 Å². The number of aryl methyl sites for hydroxylation is 1. The third-order valence-electron chi connectivity index (χ3n) is 4.24. The number of carbonyl (C=O) groups excluding carboxylic acids is 3. The SMILES string of the molecule is Cc1ccc(C(=O)C(=O)NNC(=O)C2CC(c3ccccc3)NN2)cc1. The van der Waals surface area contributed by atoms with Gasteiger partial charge in [-0.15, -0.1) is 0 Å². The van der Waals surface area contributed by atoms with Crippen molar-refractivity contribution in [3.63, 3.8) is 0 Å². The van der Waals surface area contributed by atoms with Crippen LogP contribution in [0.2, 0.25) is 0 Å². The summed E-state index contributed by atoms with van der Waals surface area (Å²) in [5, 5.41) is 0. The summed E-state index contributed by atoms with van der Waals surface area (Å²) in [6.45, 7) is 1.89. The van der Waals surface area contributed by atoms with Gasteiger partial charge in [-0.3, -0.25) is 25.2 Å². The number of benzene rings is 2. The first kappa shape index (κ1) is 17.8. The number of nitrogens with one attached hydrogen (secondary N) is 4. The van der Waals surface area contributed by atoms with Crippen molar-refractivity contribution in [2.75, 3.05) is 0 Å². The summed E-state index contributed by atoms with van der Waals surface area (Å²) < 4.78 is 0. The van der Waals surface area contributed by atoms with Crippen molar-refractivity contribution in [2.45, 2.75) is 25.4 Å². The van der Waals surface area contributed by atoms with Crippen LogP contribution in [0.5, 0.6) is 0 Å². The molecule has 0 radical (unpaired) electrons. The maximum absolute atomic E-state index is 12.2. The van der Waals surface area contributed by atoms with Gasteiger partial charge in [0.2, 0.25) is 0 Å². The van der Waals surface area contributed by atoms with Gasteiger partial charge >= 0.3 is 5.91 Å². The first-order chi connectivity index (χ1) is 12.5. The van der Waals surface area contributed by atoms with Gasteiger partial charge in [-0.2, -0.15) is 0 Å². The highest BCUT2D eigenvalue weighted by molar-refractivity contribution is 6.42. The van der Waals surface area contributed by atoms with E-state index in [-0.39, 0.29) is 11.6 Å². The lowest BCUT2D eigenvalue weighted by Crippen LogP contribution is -2.51. The predicted octanol–water partition coefficient (Wildman–Crippen LogP) is 0.933. The molecular weight excluding hydrogens is 332 g/mol. The van der Waals surface area contributed by atoms with Crippen LogP contribution >= 0.6 is 0 Å². The fourth-order valence-corrected chi connectivity index (χ4v) is 2.73. The van der Waals surface area contributed by atoms with Crippen LogP contribution in [0.25, 0.3) is 0 Å². The molecule has 2 aromatic carbocycles. The normalized spacial score (nSPS) is 19.0. The molecule has 2 unspecified atom stereocenters. The molecule has 7 nitrogen and oxygen atoms in total. The number of rotatable bonds is 4. The first-order valence-corrected chi connectivity index (χ1v) is 8.32. The van der Waals surface area contributed by atoms with Crippen LogP contribution in [0.3, 0.4) is 0 Å².